The predicted molar refractivity (Wildman–Crippen MR) is 83.1 cm³/mol. The Hall–Kier alpha value is -1.51. The number of hydrogen-bond donors (Lipinski definition) is 0. The van der Waals surface area contributed by atoms with E-state index >= 15 is 0 Å². The molecule has 1 aliphatic carbocycles. The van der Waals surface area contributed by atoms with Crippen LogP contribution in [0.4, 0.5) is 0 Å². The third kappa shape index (κ3) is 3.99. The molecule has 0 saturated heterocycles. The maximum atomic E-state index is 11.4. The van der Waals surface area contributed by atoms with Crippen molar-refractivity contribution in [3.63, 3.8) is 0 Å². The SMILES string of the molecule is CS(=O)(=O)N=C1C=C(Cl)C(=NS(C)(=O)=O)c2ccccc21. The number of allylic oxidation sites excluding steroid dienone is 2. The second-order valence-electron chi connectivity index (χ2n) is 4.42. The highest BCUT2D eigenvalue weighted by Crippen LogP contribution is 2.25. The molecule has 1 aliphatic rings. The Morgan fingerprint density at radius 2 is 1.43 bits per heavy atom. The molecule has 0 radical (unpaired) electrons. The molecule has 1 aromatic rings. The Balaban J connectivity index is 2.79. The van der Waals surface area contributed by atoms with Crippen molar-refractivity contribution in [2.24, 2.45) is 8.80 Å². The summed E-state index contributed by atoms with van der Waals surface area (Å²) in [6, 6.07) is 6.58. The number of nitrogens with zero attached hydrogens (tertiary/aromatic N) is 2. The van der Waals surface area contributed by atoms with Crippen LogP contribution in [-0.2, 0) is 20.0 Å². The normalized spacial score (nSPS) is 19.5. The topological polar surface area (TPSA) is 93.0 Å². The molecular weight excluding hydrogens is 336 g/mol. The van der Waals surface area contributed by atoms with Crippen LogP contribution in [0, 0.1) is 0 Å². The zero-order valence-electron chi connectivity index (χ0n) is 11.1. The van der Waals surface area contributed by atoms with E-state index in [9.17, 15) is 16.8 Å². The first kappa shape index (κ1) is 15.9. The lowest BCUT2D eigenvalue weighted by molar-refractivity contribution is 0.602. The van der Waals surface area contributed by atoms with Crippen molar-refractivity contribution in [2.75, 3.05) is 12.5 Å². The average molecular weight is 347 g/mol. The summed E-state index contributed by atoms with van der Waals surface area (Å²) in [5, 5.41) is 0.0153. The molecule has 0 spiro atoms. The van der Waals surface area contributed by atoms with Gasteiger partial charge in [-0.25, -0.2) is 16.8 Å². The van der Waals surface area contributed by atoms with Gasteiger partial charge in [0, 0.05) is 11.1 Å². The summed E-state index contributed by atoms with van der Waals surface area (Å²) in [6.07, 6.45) is 3.20. The summed E-state index contributed by atoms with van der Waals surface area (Å²) < 4.78 is 52.6. The van der Waals surface area contributed by atoms with Gasteiger partial charge in [0.1, 0.15) is 5.71 Å². The quantitative estimate of drug-likeness (QED) is 0.807. The van der Waals surface area contributed by atoms with E-state index in [2.05, 4.69) is 8.80 Å². The third-order valence-corrected chi connectivity index (χ3v) is 3.80. The van der Waals surface area contributed by atoms with Gasteiger partial charge in [-0.15, -0.1) is 0 Å². The van der Waals surface area contributed by atoms with Gasteiger partial charge in [0.2, 0.25) is 0 Å². The molecule has 0 bridgehead atoms. The van der Waals surface area contributed by atoms with Crippen LogP contribution in [-0.4, -0.2) is 40.8 Å². The van der Waals surface area contributed by atoms with Crippen molar-refractivity contribution in [3.8, 4) is 0 Å². The molecule has 0 aromatic heterocycles. The first-order valence-corrected chi connectivity index (χ1v) is 9.71. The predicted octanol–water partition coefficient (Wildman–Crippen LogP) is 1.32. The summed E-state index contributed by atoms with van der Waals surface area (Å²) in [5.74, 6) is 0. The lowest BCUT2D eigenvalue weighted by Crippen LogP contribution is -2.18. The summed E-state index contributed by atoms with van der Waals surface area (Å²) >= 11 is 6.03. The second-order valence-corrected chi connectivity index (χ2v) is 8.12. The zero-order valence-corrected chi connectivity index (χ0v) is 13.5. The molecule has 0 aliphatic heterocycles. The van der Waals surface area contributed by atoms with Gasteiger partial charge < -0.3 is 0 Å². The van der Waals surface area contributed by atoms with Crippen LogP contribution in [0.5, 0.6) is 0 Å². The van der Waals surface area contributed by atoms with Crippen molar-refractivity contribution in [2.45, 2.75) is 0 Å². The highest BCUT2D eigenvalue weighted by Gasteiger charge is 2.23. The Labute approximate surface area is 128 Å². The average Bonchev–Trinajstić information content (AvgIpc) is 2.31. The van der Waals surface area contributed by atoms with Gasteiger partial charge in [0.05, 0.1) is 23.3 Å². The molecule has 0 N–H and O–H groups in total. The molecule has 0 heterocycles. The van der Waals surface area contributed by atoms with E-state index in [-0.39, 0.29) is 16.5 Å². The monoisotopic (exact) mass is 346 g/mol. The third-order valence-electron chi connectivity index (χ3n) is 2.47. The Morgan fingerprint density at radius 3 is 1.95 bits per heavy atom. The molecule has 0 atom stereocenters. The minimum atomic E-state index is -3.65. The molecule has 9 heteroatoms. The number of halogens is 1. The van der Waals surface area contributed by atoms with Crippen LogP contribution in [0.25, 0.3) is 0 Å². The van der Waals surface area contributed by atoms with E-state index in [1.165, 1.54) is 6.08 Å². The standard InChI is InChI=1S/C12H11ClN2O4S2/c1-20(16,17)14-11-7-10(13)12(15-21(2,18)19)9-6-4-3-5-8(9)11/h3-7H,1-2H3. The zero-order chi connectivity index (χ0) is 15.8. The Bertz CT molecular complexity index is 897. The van der Waals surface area contributed by atoms with Gasteiger partial charge >= 0.3 is 0 Å². The summed E-state index contributed by atoms with van der Waals surface area (Å²) in [7, 11) is -7.26. The number of fused-ring (bicyclic) bond motifs is 1. The van der Waals surface area contributed by atoms with E-state index in [0.29, 0.717) is 11.1 Å². The molecule has 0 fully saturated rings. The fraction of sp³-hybridized carbons (Fsp3) is 0.167. The highest BCUT2D eigenvalue weighted by molar-refractivity contribution is 7.89. The smallest absolute Gasteiger partial charge is 0.205 e. The second kappa shape index (κ2) is 5.36. The van der Waals surface area contributed by atoms with Gasteiger partial charge in [-0.2, -0.15) is 8.80 Å². The molecule has 21 heavy (non-hydrogen) atoms. The first-order chi connectivity index (χ1) is 9.57. The maximum Gasteiger partial charge on any atom is 0.250 e. The van der Waals surface area contributed by atoms with E-state index in [1.54, 1.807) is 24.3 Å². The van der Waals surface area contributed by atoms with Crippen molar-refractivity contribution >= 4 is 43.1 Å². The van der Waals surface area contributed by atoms with E-state index in [0.717, 1.165) is 12.5 Å². The summed E-state index contributed by atoms with van der Waals surface area (Å²) in [6.45, 7) is 0. The number of benzene rings is 1. The molecule has 112 valence electrons. The van der Waals surface area contributed by atoms with Crippen molar-refractivity contribution in [3.05, 3.63) is 46.5 Å². The minimum absolute atomic E-state index is 0.0153. The largest absolute Gasteiger partial charge is 0.250 e. The molecule has 0 amide bonds. The molecule has 2 rings (SSSR count). The summed E-state index contributed by atoms with van der Waals surface area (Å²) in [5.41, 5.74) is 1.08. The van der Waals surface area contributed by atoms with E-state index in [4.69, 9.17) is 11.6 Å². The molecule has 1 aromatic carbocycles. The Morgan fingerprint density at radius 1 is 0.905 bits per heavy atom. The van der Waals surface area contributed by atoms with E-state index in [1.807, 2.05) is 0 Å². The summed E-state index contributed by atoms with van der Waals surface area (Å²) in [4.78, 5) is 0. The molecule has 6 nitrogen and oxygen atoms in total. The van der Waals surface area contributed by atoms with E-state index < -0.39 is 20.0 Å². The highest BCUT2D eigenvalue weighted by atomic mass is 35.5. The fourth-order valence-corrected chi connectivity index (χ4v) is 3.15. The van der Waals surface area contributed by atoms with Gasteiger partial charge in [-0.05, 0) is 6.08 Å². The van der Waals surface area contributed by atoms with Crippen LogP contribution >= 0.6 is 11.6 Å². The van der Waals surface area contributed by atoms with Crippen molar-refractivity contribution in [1.82, 2.24) is 0 Å². The molecule has 0 unspecified atom stereocenters. The van der Waals surface area contributed by atoms with Gasteiger partial charge in [-0.1, -0.05) is 35.9 Å². The minimum Gasteiger partial charge on any atom is -0.205 e. The lowest BCUT2D eigenvalue weighted by Gasteiger charge is -2.16. The first-order valence-electron chi connectivity index (χ1n) is 5.64. The van der Waals surface area contributed by atoms with Crippen LogP contribution in [0.1, 0.15) is 11.1 Å². The number of sulfonamides is 2. The molecule has 0 saturated carbocycles. The van der Waals surface area contributed by atoms with Crippen molar-refractivity contribution < 1.29 is 16.8 Å². The van der Waals surface area contributed by atoms with Gasteiger partial charge in [0.15, 0.2) is 0 Å². The van der Waals surface area contributed by atoms with Crippen LogP contribution in [0.3, 0.4) is 0 Å². The van der Waals surface area contributed by atoms with Crippen molar-refractivity contribution in [1.29, 1.82) is 0 Å². The maximum absolute atomic E-state index is 11.4. The van der Waals surface area contributed by atoms with Crippen LogP contribution in [0.2, 0.25) is 0 Å². The van der Waals surface area contributed by atoms with Crippen LogP contribution in [0.15, 0.2) is 44.2 Å². The van der Waals surface area contributed by atoms with Gasteiger partial charge in [0.25, 0.3) is 20.0 Å². The number of rotatable bonds is 2. The van der Waals surface area contributed by atoms with Crippen LogP contribution < -0.4 is 0 Å². The fourth-order valence-electron chi connectivity index (χ4n) is 1.82. The molecular formula is C12H11ClN2O4S2. The number of hydrogen-bond acceptors (Lipinski definition) is 4. The Kier molecular flexibility index (Phi) is 4.05. The lowest BCUT2D eigenvalue weighted by atomic mass is 9.94. The van der Waals surface area contributed by atoms with Gasteiger partial charge in [-0.3, -0.25) is 0 Å².